The molecule has 0 fully saturated rings. The number of amides is 1. The lowest BCUT2D eigenvalue weighted by molar-refractivity contribution is -0.113. The molecule has 3 aromatic rings. The number of carbonyl (C=O) groups excluding carboxylic acids is 1. The van der Waals surface area contributed by atoms with Crippen molar-refractivity contribution in [2.75, 3.05) is 17.7 Å². The summed E-state index contributed by atoms with van der Waals surface area (Å²) < 4.78 is 5.43. The second-order valence-electron chi connectivity index (χ2n) is 5.27. The average Bonchev–Trinajstić information content (AvgIpc) is 3.10. The van der Waals surface area contributed by atoms with Crippen LogP contribution in [-0.4, -0.2) is 28.2 Å². The van der Waals surface area contributed by atoms with Crippen molar-refractivity contribution in [3.05, 3.63) is 60.8 Å². The van der Waals surface area contributed by atoms with E-state index in [1.165, 1.54) is 11.8 Å². The number of rotatable bonds is 7. The van der Waals surface area contributed by atoms with Gasteiger partial charge in [-0.1, -0.05) is 48.2 Å². The molecule has 0 aliphatic rings. The van der Waals surface area contributed by atoms with Gasteiger partial charge in [0.25, 0.3) is 0 Å². The van der Waals surface area contributed by atoms with E-state index in [2.05, 4.69) is 15.3 Å². The lowest BCUT2D eigenvalue weighted by Crippen LogP contribution is -2.14. The summed E-state index contributed by atoms with van der Waals surface area (Å²) in [6.45, 7) is 2.52. The topological polar surface area (TPSA) is 67.0 Å². The van der Waals surface area contributed by atoms with Crippen LogP contribution in [0.15, 0.2) is 66.0 Å². The van der Waals surface area contributed by atoms with E-state index < -0.39 is 0 Å². The second kappa shape index (κ2) is 8.39. The Morgan fingerprint density at radius 1 is 1.20 bits per heavy atom. The Hall–Kier alpha value is -2.73. The van der Waals surface area contributed by atoms with Crippen LogP contribution in [-0.2, 0) is 4.79 Å². The monoisotopic (exact) mass is 353 g/mol. The molecule has 0 spiro atoms. The summed E-state index contributed by atoms with van der Waals surface area (Å²) in [6, 6.07) is 17.3. The van der Waals surface area contributed by atoms with Gasteiger partial charge in [-0.3, -0.25) is 4.79 Å². The van der Waals surface area contributed by atoms with Crippen molar-refractivity contribution < 1.29 is 9.53 Å². The maximum Gasteiger partial charge on any atom is 0.234 e. The number of thioether (sulfide) groups is 1. The number of ether oxygens (including phenoxy) is 1. The Morgan fingerprint density at radius 3 is 2.84 bits per heavy atom. The number of anilines is 1. The molecule has 0 radical (unpaired) electrons. The normalized spacial score (nSPS) is 10.4. The summed E-state index contributed by atoms with van der Waals surface area (Å²) in [5, 5.41) is 3.59. The fourth-order valence-corrected chi connectivity index (χ4v) is 2.95. The molecule has 1 amide bonds. The minimum Gasteiger partial charge on any atom is -0.494 e. The van der Waals surface area contributed by atoms with Gasteiger partial charge < -0.3 is 15.0 Å². The lowest BCUT2D eigenvalue weighted by atomic mass is 10.2. The molecule has 1 heterocycles. The molecule has 128 valence electrons. The molecular formula is C19H19N3O2S. The molecule has 0 saturated heterocycles. The molecule has 0 aliphatic heterocycles. The van der Waals surface area contributed by atoms with E-state index >= 15 is 0 Å². The Bertz CT molecular complexity index is 833. The standard InChI is InChI=1S/C19H19N3O2S/c1-2-24-16-10-6-9-15(11-16)21-18(23)13-25-19-20-12-17(22-19)14-7-4-3-5-8-14/h3-12H,2,13H2,1H3,(H,20,22)(H,21,23). The van der Waals surface area contributed by atoms with Crippen molar-refractivity contribution in [3.63, 3.8) is 0 Å². The van der Waals surface area contributed by atoms with Crippen LogP contribution in [0.2, 0.25) is 0 Å². The van der Waals surface area contributed by atoms with Crippen molar-refractivity contribution in [2.45, 2.75) is 12.1 Å². The number of imidazole rings is 1. The van der Waals surface area contributed by atoms with Crippen LogP contribution in [0.5, 0.6) is 5.75 Å². The van der Waals surface area contributed by atoms with Crippen LogP contribution < -0.4 is 10.1 Å². The number of aromatic amines is 1. The highest BCUT2D eigenvalue weighted by molar-refractivity contribution is 7.99. The Labute approximate surface area is 150 Å². The lowest BCUT2D eigenvalue weighted by Gasteiger charge is -2.07. The smallest absolute Gasteiger partial charge is 0.234 e. The number of hydrogen-bond donors (Lipinski definition) is 2. The molecule has 3 rings (SSSR count). The van der Waals surface area contributed by atoms with E-state index in [4.69, 9.17) is 4.74 Å². The van der Waals surface area contributed by atoms with Gasteiger partial charge in [-0.05, 0) is 24.6 Å². The van der Waals surface area contributed by atoms with Crippen LogP contribution in [0.25, 0.3) is 11.3 Å². The Kier molecular flexibility index (Phi) is 5.74. The van der Waals surface area contributed by atoms with E-state index in [9.17, 15) is 4.79 Å². The highest BCUT2D eigenvalue weighted by atomic mass is 32.2. The third-order valence-corrected chi connectivity index (χ3v) is 4.29. The summed E-state index contributed by atoms with van der Waals surface area (Å²) in [5.74, 6) is 0.934. The van der Waals surface area contributed by atoms with Crippen molar-refractivity contribution in [1.82, 2.24) is 9.97 Å². The summed E-state index contributed by atoms with van der Waals surface area (Å²) in [4.78, 5) is 19.7. The average molecular weight is 353 g/mol. The van der Waals surface area contributed by atoms with Gasteiger partial charge in [0, 0.05) is 11.8 Å². The Morgan fingerprint density at radius 2 is 2.04 bits per heavy atom. The minimum absolute atomic E-state index is 0.0868. The minimum atomic E-state index is -0.0868. The maximum atomic E-state index is 12.1. The van der Waals surface area contributed by atoms with Crippen LogP contribution in [0.1, 0.15) is 6.92 Å². The van der Waals surface area contributed by atoms with Gasteiger partial charge in [0.1, 0.15) is 5.75 Å². The van der Waals surface area contributed by atoms with Gasteiger partial charge >= 0.3 is 0 Å². The van der Waals surface area contributed by atoms with E-state index in [0.717, 1.165) is 27.9 Å². The van der Waals surface area contributed by atoms with Crippen LogP contribution >= 0.6 is 11.8 Å². The first-order chi connectivity index (χ1) is 12.2. The summed E-state index contributed by atoms with van der Waals surface area (Å²) in [5.41, 5.74) is 2.73. The van der Waals surface area contributed by atoms with Crippen LogP contribution in [0.3, 0.4) is 0 Å². The first-order valence-corrected chi connectivity index (χ1v) is 8.99. The van der Waals surface area contributed by atoms with Gasteiger partial charge in [0.05, 0.1) is 24.3 Å². The molecule has 2 N–H and O–H groups in total. The number of hydrogen-bond acceptors (Lipinski definition) is 4. The second-order valence-corrected chi connectivity index (χ2v) is 6.23. The van der Waals surface area contributed by atoms with Crippen LogP contribution in [0.4, 0.5) is 5.69 Å². The van der Waals surface area contributed by atoms with E-state index in [1.807, 2.05) is 61.5 Å². The predicted octanol–water partition coefficient (Wildman–Crippen LogP) is 4.21. The Balaban J connectivity index is 1.54. The highest BCUT2D eigenvalue weighted by Crippen LogP contribution is 2.22. The fourth-order valence-electron chi connectivity index (χ4n) is 2.30. The summed E-state index contributed by atoms with van der Waals surface area (Å²) in [7, 11) is 0. The zero-order chi connectivity index (χ0) is 17.5. The number of nitrogens with one attached hydrogen (secondary N) is 2. The molecule has 25 heavy (non-hydrogen) atoms. The third-order valence-electron chi connectivity index (χ3n) is 3.41. The molecule has 0 atom stereocenters. The third kappa shape index (κ3) is 4.87. The van der Waals surface area contributed by atoms with Crippen molar-refractivity contribution >= 4 is 23.4 Å². The van der Waals surface area contributed by atoms with Gasteiger partial charge in [-0.15, -0.1) is 0 Å². The first kappa shape index (κ1) is 17.1. The van der Waals surface area contributed by atoms with Gasteiger partial charge in [-0.25, -0.2) is 4.98 Å². The van der Waals surface area contributed by atoms with E-state index in [0.29, 0.717) is 6.61 Å². The largest absolute Gasteiger partial charge is 0.494 e. The number of benzene rings is 2. The zero-order valence-corrected chi connectivity index (χ0v) is 14.7. The quantitative estimate of drug-likeness (QED) is 0.625. The number of carbonyl (C=O) groups is 1. The van der Waals surface area contributed by atoms with Gasteiger partial charge in [0.15, 0.2) is 5.16 Å². The van der Waals surface area contributed by atoms with E-state index in [1.54, 1.807) is 6.20 Å². The molecule has 2 aromatic carbocycles. The molecule has 0 bridgehead atoms. The maximum absolute atomic E-state index is 12.1. The van der Waals surface area contributed by atoms with E-state index in [-0.39, 0.29) is 11.7 Å². The number of aromatic nitrogens is 2. The summed E-state index contributed by atoms with van der Waals surface area (Å²) >= 11 is 1.37. The van der Waals surface area contributed by atoms with Crippen LogP contribution in [0, 0.1) is 0 Å². The fraction of sp³-hybridized carbons (Fsp3) is 0.158. The molecule has 1 aromatic heterocycles. The summed E-state index contributed by atoms with van der Waals surface area (Å²) in [6.07, 6.45) is 1.78. The molecular weight excluding hydrogens is 334 g/mol. The zero-order valence-electron chi connectivity index (χ0n) is 13.9. The number of H-pyrrole nitrogens is 1. The molecule has 0 aliphatic carbocycles. The molecule has 6 heteroatoms. The molecule has 0 unspecified atom stereocenters. The highest BCUT2D eigenvalue weighted by Gasteiger charge is 2.08. The predicted molar refractivity (Wildman–Crippen MR) is 101 cm³/mol. The first-order valence-electron chi connectivity index (χ1n) is 8.00. The van der Waals surface area contributed by atoms with Crippen molar-refractivity contribution in [3.8, 4) is 17.0 Å². The van der Waals surface area contributed by atoms with Crippen molar-refractivity contribution in [1.29, 1.82) is 0 Å². The number of nitrogens with zero attached hydrogens (tertiary/aromatic N) is 1. The molecule has 0 saturated carbocycles. The molecule has 5 nitrogen and oxygen atoms in total. The van der Waals surface area contributed by atoms with Crippen molar-refractivity contribution in [2.24, 2.45) is 0 Å². The van der Waals surface area contributed by atoms with Gasteiger partial charge in [-0.2, -0.15) is 0 Å². The SMILES string of the molecule is CCOc1cccc(NC(=O)CSc2ncc(-c3ccccc3)[nH]2)c1. The van der Waals surface area contributed by atoms with Gasteiger partial charge in [0.2, 0.25) is 5.91 Å².